The van der Waals surface area contributed by atoms with Crippen LogP contribution in [0.2, 0.25) is 0 Å². The standard InChI is InChI=1S/C57H98O6/c1-9-12-15-18-21-24-27-34-53(58)61-51-43-47(44-52(46(51)5)62-54(59)35-28-25-22-19-16-13-10-2)37-38-48-33-31-42-57(8)49(39-40-50(48)57)45(4)32-30-41-56(6,7)63-55(60)36-29-26-23-20-17-14-11-3/h37-38,45,49-52H,5,9-36,39-44H2,1-4,6-8H3/b48-38+/t45-,49?,50?,51+,52+,57+/m0/s1. The number of allylic oxidation sites excluding steroid dienone is 3. The van der Waals surface area contributed by atoms with Crippen molar-refractivity contribution < 1.29 is 28.6 Å². The van der Waals surface area contributed by atoms with E-state index in [9.17, 15) is 14.4 Å². The van der Waals surface area contributed by atoms with Crippen molar-refractivity contribution in [1.82, 2.24) is 0 Å². The van der Waals surface area contributed by atoms with Gasteiger partial charge in [-0.05, 0) is 101 Å². The van der Waals surface area contributed by atoms with Crippen LogP contribution < -0.4 is 0 Å². The van der Waals surface area contributed by atoms with Gasteiger partial charge in [-0.1, -0.05) is 186 Å². The Balaban J connectivity index is 1.59. The van der Waals surface area contributed by atoms with Crippen LogP contribution in [0.15, 0.2) is 35.5 Å². The van der Waals surface area contributed by atoms with Crippen molar-refractivity contribution in [2.75, 3.05) is 0 Å². The summed E-state index contributed by atoms with van der Waals surface area (Å²) in [6.45, 7) is 20.3. The summed E-state index contributed by atoms with van der Waals surface area (Å²) in [5.41, 5.74) is 3.32. The average molecular weight is 879 g/mol. The topological polar surface area (TPSA) is 78.9 Å². The lowest BCUT2D eigenvalue weighted by molar-refractivity contribution is -0.157. The molecule has 3 fully saturated rings. The van der Waals surface area contributed by atoms with Crippen LogP contribution in [0.3, 0.4) is 0 Å². The largest absolute Gasteiger partial charge is 0.460 e. The highest BCUT2D eigenvalue weighted by molar-refractivity contribution is 5.71. The van der Waals surface area contributed by atoms with Crippen molar-refractivity contribution in [3.05, 3.63) is 35.5 Å². The first-order valence-electron chi connectivity index (χ1n) is 27.0. The Morgan fingerprint density at radius 1 is 0.667 bits per heavy atom. The fourth-order valence-electron chi connectivity index (χ4n) is 11.4. The molecule has 63 heavy (non-hydrogen) atoms. The number of ether oxygens (including phenoxy) is 3. The van der Waals surface area contributed by atoms with Gasteiger partial charge in [0.2, 0.25) is 0 Å². The first kappa shape index (κ1) is 55.0. The van der Waals surface area contributed by atoms with E-state index >= 15 is 0 Å². The van der Waals surface area contributed by atoms with Gasteiger partial charge in [-0.2, -0.15) is 0 Å². The highest BCUT2D eigenvalue weighted by Gasteiger charge is 2.50. The van der Waals surface area contributed by atoms with E-state index in [1.165, 1.54) is 115 Å². The molecule has 0 saturated heterocycles. The second-order valence-corrected chi connectivity index (χ2v) is 21.3. The summed E-state index contributed by atoms with van der Waals surface area (Å²) in [7, 11) is 0. The molecule has 0 heterocycles. The Labute approximate surface area is 388 Å². The number of carbonyl (C=O) groups excluding carboxylic acids is 3. The van der Waals surface area contributed by atoms with Crippen molar-refractivity contribution in [2.24, 2.45) is 23.2 Å². The molecule has 0 bridgehead atoms. The van der Waals surface area contributed by atoms with Crippen molar-refractivity contribution in [2.45, 2.75) is 285 Å². The van der Waals surface area contributed by atoms with E-state index in [-0.39, 0.29) is 23.3 Å². The van der Waals surface area contributed by atoms with Crippen LogP contribution in [-0.2, 0) is 28.6 Å². The molecule has 2 unspecified atom stereocenters. The maximum absolute atomic E-state index is 13.2. The van der Waals surface area contributed by atoms with E-state index in [1.807, 2.05) is 0 Å². The molecule has 0 aromatic heterocycles. The Kier molecular flexibility index (Phi) is 26.8. The van der Waals surface area contributed by atoms with Gasteiger partial charge in [0.05, 0.1) is 0 Å². The molecular formula is C57H98O6. The SMILES string of the molecule is C=C1[C@H](OC(=O)CCCCCCCCC)CC(=C/C=C2\CCC[C@@]3(C)C2CCC3[C@@H](C)CCCC(C)(C)OC(=O)CCCCCCCCC)C[C@H]1OC(=O)CCCCCCCCC. The van der Waals surface area contributed by atoms with Crippen molar-refractivity contribution in [1.29, 1.82) is 0 Å². The fourth-order valence-corrected chi connectivity index (χ4v) is 11.4. The second-order valence-electron chi connectivity index (χ2n) is 21.3. The smallest absolute Gasteiger partial charge is 0.306 e. The molecular weight excluding hydrogens is 781 g/mol. The lowest BCUT2D eigenvalue weighted by Gasteiger charge is -2.44. The quantitative estimate of drug-likeness (QED) is 0.0283. The first-order chi connectivity index (χ1) is 30.3. The highest BCUT2D eigenvalue weighted by Crippen LogP contribution is 2.60. The summed E-state index contributed by atoms with van der Waals surface area (Å²) in [5.74, 6) is 1.51. The number of esters is 3. The van der Waals surface area contributed by atoms with Crippen LogP contribution in [0.25, 0.3) is 0 Å². The van der Waals surface area contributed by atoms with Crippen LogP contribution in [0.4, 0.5) is 0 Å². The molecule has 362 valence electrons. The van der Waals surface area contributed by atoms with Gasteiger partial charge >= 0.3 is 17.9 Å². The first-order valence-corrected chi connectivity index (χ1v) is 27.0. The zero-order valence-corrected chi connectivity index (χ0v) is 42.2. The molecule has 3 rings (SSSR count). The molecule has 0 N–H and O–H groups in total. The molecule has 0 spiro atoms. The van der Waals surface area contributed by atoms with Crippen LogP contribution in [-0.4, -0.2) is 35.7 Å². The second kappa shape index (κ2) is 30.8. The van der Waals surface area contributed by atoms with Gasteiger partial charge in [0, 0.05) is 37.7 Å². The Morgan fingerprint density at radius 3 is 1.62 bits per heavy atom. The molecule has 6 nitrogen and oxygen atoms in total. The number of hydrogen-bond donors (Lipinski definition) is 0. The predicted molar refractivity (Wildman–Crippen MR) is 263 cm³/mol. The van der Waals surface area contributed by atoms with Gasteiger partial charge in [-0.15, -0.1) is 0 Å². The van der Waals surface area contributed by atoms with Gasteiger partial charge < -0.3 is 14.2 Å². The molecule has 0 amide bonds. The number of fused-ring (bicyclic) bond motifs is 1. The van der Waals surface area contributed by atoms with Crippen molar-refractivity contribution in [3.8, 4) is 0 Å². The maximum Gasteiger partial charge on any atom is 0.306 e. The van der Waals surface area contributed by atoms with E-state index in [1.54, 1.807) is 5.57 Å². The molecule has 0 aromatic carbocycles. The highest BCUT2D eigenvalue weighted by atomic mass is 16.6. The minimum Gasteiger partial charge on any atom is -0.460 e. The summed E-state index contributed by atoms with van der Waals surface area (Å²) < 4.78 is 18.3. The van der Waals surface area contributed by atoms with Gasteiger partial charge in [0.1, 0.15) is 17.8 Å². The van der Waals surface area contributed by atoms with Gasteiger partial charge in [-0.25, -0.2) is 0 Å². The van der Waals surface area contributed by atoms with Crippen LogP contribution in [0, 0.1) is 23.2 Å². The van der Waals surface area contributed by atoms with Gasteiger partial charge in [-0.3, -0.25) is 14.4 Å². The summed E-state index contributed by atoms with van der Waals surface area (Å²) in [6, 6.07) is 0. The predicted octanol–water partition coefficient (Wildman–Crippen LogP) is 16.8. The Bertz CT molecular complexity index is 1340. The molecule has 0 aliphatic heterocycles. The van der Waals surface area contributed by atoms with Gasteiger partial charge in [0.25, 0.3) is 0 Å². The lowest BCUT2D eigenvalue weighted by Crippen LogP contribution is -2.36. The van der Waals surface area contributed by atoms with E-state index in [2.05, 4.69) is 67.2 Å². The summed E-state index contributed by atoms with van der Waals surface area (Å²) in [6.07, 6.45) is 40.2. The normalized spacial score (nSPS) is 23.7. The molecule has 3 aliphatic carbocycles. The monoisotopic (exact) mass is 879 g/mol. The molecule has 0 radical (unpaired) electrons. The zero-order valence-electron chi connectivity index (χ0n) is 42.2. The molecule has 6 heteroatoms. The summed E-state index contributed by atoms with van der Waals surface area (Å²) >= 11 is 0. The van der Waals surface area contributed by atoms with E-state index in [4.69, 9.17) is 14.2 Å². The number of rotatable bonds is 33. The summed E-state index contributed by atoms with van der Waals surface area (Å²) in [5, 5.41) is 0. The molecule has 3 saturated carbocycles. The van der Waals surface area contributed by atoms with E-state index < -0.39 is 17.8 Å². The zero-order chi connectivity index (χ0) is 45.9. The molecule has 3 aliphatic rings. The van der Waals surface area contributed by atoms with Crippen LogP contribution in [0.1, 0.15) is 267 Å². The number of hydrogen-bond acceptors (Lipinski definition) is 6. The van der Waals surface area contributed by atoms with Gasteiger partial charge in [0.15, 0.2) is 0 Å². The van der Waals surface area contributed by atoms with Crippen molar-refractivity contribution >= 4 is 17.9 Å². The minimum absolute atomic E-state index is 0.0342. The average Bonchev–Trinajstić information content (AvgIpc) is 3.60. The van der Waals surface area contributed by atoms with Crippen LogP contribution in [0.5, 0.6) is 0 Å². The third kappa shape index (κ3) is 20.8. The fraction of sp³-hybridized carbons (Fsp3) is 0.842. The molecule has 6 atom stereocenters. The maximum atomic E-state index is 13.2. The number of carbonyl (C=O) groups is 3. The Hall–Kier alpha value is -2.37. The summed E-state index contributed by atoms with van der Waals surface area (Å²) in [4.78, 5) is 39.0. The van der Waals surface area contributed by atoms with E-state index in [0.717, 1.165) is 82.6 Å². The van der Waals surface area contributed by atoms with E-state index in [0.29, 0.717) is 49.9 Å². The number of unbranched alkanes of at least 4 members (excludes halogenated alkanes) is 18. The minimum atomic E-state index is -0.469. The third-order valence-electron chi connectivity index (χ3n) is 15.3. The third-order valence-corrected chi connectivity index (χ3v) is 15.3. The lowest BCUT2D eigenvalue weighted by atomic mass is 9.60. The molecule has 0 aromatic rings. The Morgan fingerprint density at radius 2 is 1.13 bits per heavy atom. The van der Waals surface area contributed by atoms with Crippen molar-refractivity contribution in [3.63, 3.8) is 0 Å². The van der Waals surface area contributed by atoms with Crippen LogP contribution >= 0.6 is 0 Å².